The number of rotatable bonds is 9. The van der Waals surface area contributed by atoms with Crippen LogP contribution in [0.3, 0.4) is 0 Å². The van der Waals surface area contributed by atoms with Crippen molar-refractivity contribution in [3.05, 3.63) is 83.4 Å². The third kappa shape index (κ3) is 6.64. The number of aryl methyl sites for hydroxylation is 1. The molecule has 3 aromatic carbocycles. The van der Waals surface area contributed by atoms with E-state index in [1.54, 1.807) is 36.4 Å². The van der Waals surface area contributed by atoms with Gasteiger partial charge in [0.2, 0.25) is 0 Å². The number of hydrogen-bond acceptors (Lipinski definition) is 8. The summed E-state index contributed by atoms with van der Waals surface area (Å²) in [4.78, 5) is 36.4. The highest BCUT2D eigenvalue weighted by molar-refractivity contribution is 7.92. The standard InChI is InChI=1S/C26H26N2O8S/c1-17-5-11-23(12-6-17)37(32,33)28(2)21-7-9-22(10-8-21)36-16-24(29)27-20-14-18(25(30)34-3)13-19(15-20)26(31)35-4/h5-15H,16H2,1-4H3,(H,27,29). The Bertz CT molecular complexity index is 1370. The zero-order valence-electron chi connectivity index (χ0n) is 20.7. The SMILES string of the molecule is COC(=O)c1cc(NC(=O)COc2ccc(N(C)S(=O)(=O)c3ccc(C)cc3)cc2)cc(C(=O)OC)c1. The van der Waals surface area contributed by atoms with Gasteiger partial charge in [-0.15, -0.1) is 0 Å². The lowest BCUT2D eigenvalue weighted by molar-refractivity contribution is -0.118. The zero-order valence-corrected chi connectivity index (χ0v) is 21.5. The average molecular weight is 527 g/mol. The molecular weight excluding hydrogens is 500 g/mol. The van der Waals surface area contributed by atoms with Crippen molar-refractivity contribution in [2.75, 3.05) is 37.5 Å². The lowest BCUT2D eigenvalue weighted by Gasteiger charge is -2.20. The van der Waals surface area contributed by atoms with Gasteiger partial charge in [0.15, 0.2) is 6.61 Å². The molecule has 0 radical (unpaired) electrons. The van der Waals surface area contributed by atoms with E-state index in [1.165, 1.54) is 51.6 Å². The molecule has 0 aliphatic heterocycles. The summed E-state index contributed by atoms with van der Waals surface area (Å²) in [7, 11) is 0.0945. The molecule has 0 aromatic heterocycles. The predicted molar refractivity (Wildman–Crippen MR) is 136 cm³/mol. The summed E-state index contributed by atoms with van der Waals surface area (Å²) in [6.45, 7) is 1.49. The highest BCUT2D eigenvalue weighted by Gasteiger charge is 2.21. The van der Waals surface area contributed by atoms with Crippen LogP contribution in [-0.2, 0) is 24.3 Å². The summed E-state index contributed by atoms with van der Waals surface area (Å²) < 4.78 is 41.7. The number of carbonyl (C=O) groups is 3. The molecule has 0 heterocycles. The van der Waals surface area contributed by atoms with Gasteiger partial charge in [0, 0.05) is 12.7 Å². The molecule has 0 saturated carbocycles. The first-order valence-electron chi connectivity index (χ1n) is 10.9. The van der Waals surface area contributed by atoms with E-state index >= 15 is 0 Å². The lowest BCUT2D eigenvalue weighted by atomic mass is 10.1. The second-order valence-corrected chi connectivity index (χ2v) is 9.87. The van der Waals surface area contributed by atoms with Crippen molar-refractivity contribution in [2.24, 2.45) is 0 Å². The second-order valence-electron chi connectivity index (χ2n) is 7.90. The largest absolute Gasteiger partial charge is 0.484 e. The number of esters is 2. The normalized spacial score (nSPS) is 10.8. The van der Waals surface area contributed by atoms with Gasteiger partial charge >= 0.3 is 11.9 Å². The number of anilines is 2. The van der Waals surface area contributed by atoms with Gasteiger partial charge in [0.25, 0.3) is 15.9 Å². The van der Waals surface area contributed by atoms with Crippen LogP contribution in [0.4, 0.5) is 11.4 Å². The number of hydrogen-bond donors (Lipinski definition) is 1. The van der Waals surface area contributed by atoms with Crippen LogP contribution in [0.2, 0.25) is 0 Å². The lowest BCUT2D eigenvalue weighted by Crippen LogP contribution is -2.26. The highest BCUT2D eigenvalue weighted by atomic mass is 32.2. The van der Waals surface area contributed by atoms with Crippen LogP contribution in [0.25, 0.3) is 0 Å². The Kier molecular flexibility index (Phi) is 8.51. The number of sulfonamides is 1. The molecule has 3 rings (SSSR count). The fourth-order valence-corrected chi connectivity index (χ4v) is 4.47. The maximum Gasteiger partial charge on any atom is 0.337 e. The van der Waals surface area contributed by atoms with Gasteiger partial charge in [-0.3, -0.25) is 9.10 Å². The van der Waals surface area contributed by atoms with Gasteiger partial charge in [0.1, 0.15) is 5.75 Å². The van der Waals surface area contributed by atoms with E-state index in [9.17, 15) is 22.8 Å². The molecule has 0 aliphatic rings. The summed E-state index contributed by atoms with van der Waals surface area (Å²) in [5.41, 5.74) is 1.65. The van der Waals surface area contributed by atoms with E-state index in [0.717, 1.165) is 9.87 Å². The molecular formula is C26H26N2O8S. The second kappa shape index (κ2) is 11.6. The highest BCUT2D eigenvalue weighted by Crippen LogP contribution is 2.25. The van der Waals surface area contributed by atoms with E-state index in [0.29, 0.717) is 11.4 Å². The van der Waals surface area contributed by atoms with E-state index in [-0.39, 0.29) is 28.3 Å². The van der Waals surface area contributed by atoms with E-state index in [4.69, 9.17) is 4.74 Å². The Morgan fingerprint density at radius 1 is 0.838 bits per heavy atom. The van der Waals surface area contributed by atoms with Crippen molar-refractivity contribution >= 4 is 39.2 Å². The Morgan fingerprint density at radius 3 is 1.89 bits per heavy atom. The van der Waals surface area contributed by atoms with Crippen molar-refractivity contribution in [1.82, 2.24) is 0 Å². The topological polar surface area (TPSA) is 128 Å². The molecule has 11 heteroatoms. The van der Waals surface area contributed by atoms with Gasteiger partial charge in [-0.2, -0.15) is 0 Å². The first-order valence-corrected chi connectivity index (χ1v) is 12.4. The molecule has 37 heavy (non-hydrogen) atoms. The van der Waals surface area contributed by atoms with E-state index in [2.05, 4.69) is 14.8 Å². The molecule has 1 amide bonds. The van der Waals surface area contributed by atoms with Crippen molar-refractivity contribution in [3.8, 4) is 5.75 Å². The Balaban J connectivity index is 1.66. The van der Waals surface area contributed by atoms with Gasteiger partial charge < -0.3 is 19.5 Å². The first kappa shape index (κ1) is 27.2. The summed E-state index contributed by atoms with van der Waals surface area (Å²) >= 11 is 0. The van der Waals surface area contributed by atoms with Crippen molar-refractivity contribution < 1.29 is 37.0 Å². The Hall–Kier alpha value is -4.38. The third-order valence-electron chi connectivity index (χ3n) is 5.31. The number of methoxy groups -OCH3 is 2. The molecule has 3 aromatic rings. The quantitative estimate of drug-likeness (QED) is 0.420. The van der Waals surface area contributed by atoms with E-state index < -0.39 is 27.9 Å². The van der Waals surface area contributed by atoms with Gasteiger partial charge in [-0.1, -0.05) is 17.7 Å². The number of nitrogens with one attached hydrogen (secondary N) is 1. The van der Waals surface area contributed by atoms with Crippen molar-refractivity contribution in [2.45, 2.75) is 11.8 Å². The van der Waals surface area contributed by atoms with Crippen LogP contribution in [0.1, 0.15) is 26.3 Å². The number of carbonyl (C=O) groups excluding carboxylic acids is 3. The number of nitrogens with zero attached hydrogens (tertiary/aromatic N) is 1. The number of ether oxygens (including phenoxy) is 3. The van der Waals surface area contributed by atoms with Crippen molar-refractivity contribution in [1.29, 1.82) is 0 Å². The molecule has 0 aliphatic carbocycles. The third-order valence-corrected chi connectivity index (χ3v) is 7.11. The minimum atomic E-state index is -3.74. The van der Waals surface area contributed by atoms with Crippen LogP contribution in [-0.4, -0.2) is 54.1 Å². The first-order chi connectivity index (χ1) is 17.5. The minimum Gasteiger partial charge on any atom is -0.484 e. The molecule has 194 valence electrons. The van der Waals surface area contributed by atoms with Gasteiger partial charge in [0.05, 0.1) is 35.9 Å². The van der Waals surface area contributed by atoms with Crippen molar-refractivity contribution in [3.63, 3.8) is 0 Å². The maximum atomic E-state index is 12.9. The predicted octanol–water partition coefficient (Wildman–Crippen LogP) is 3.41. The molecule has 0 fully saturated rings. The molecule has 0 spiro atoms. The van der Waals surface area contributed by atoms with Gasteiger partial charge in [-0.25, -0.2) is 18.0 Å². The molecule has 0 unspecified atom stereocenters. The number of amides is 1. The van der Waals surface area contributed by atoms with Crippen LogP contribution in [0.15, 0.2) is 71.6 Å². The monoisotopic (exact) mass is 526 g/mol. The van der Waals surface area contributed by atoms with Crippen LogP contribution in [0.5, 0.6) is 5.75 Å². The maximum absolute atomic E-state index is 12.9. The summed E-state index contributed by atoms with van der Waals surface area (Å²) in [5, 5.41) is 2.56. The van der Waals surface area contributed by atoms with E-state index in [1.807, 2.05) is 6.92 Å². The van der Waals surface area contributed by atoms with Crippen LogP contribution >= 0.6 is 0 Å². The van der Waals surface area contributed by atoms with Gasteiger partial charge in [-0.05, 0) is 61.5 Å². The minimum absolute atomic E-state index is 0.0573. The summed E-state index contributed by atoms with van der Waals surface area (Å²) in [5.74, 6) is -1.60. The molecule has 0 bridgehead atoms. The fraction of sp³-hybridized carbons (Fsp3) is 0.192. The molecule has 10 nitrogen and oxygen atoms in total. The average Bonchev–Trinajstić information content (AvgIpc) is 2.90. The number of benzene rings is 3. The molecule has 0 saturated heterocycles. The molecule has 1 N–H and O–H groups in total. The Morgan fingerprint density at radius 2 is 1.38 bits per heavy atom. The molecule has 0 atom stereocenters. The smallest absolute Gasteiger partial charge is 0.337 e. The summed E-state index contributed by atoms with van der Waals surface area (Å²) in [6.07, 6.45) is 0. The zero-order chi connectivity index (χ0) is 27.2. The van der Waals surface area contributed by atoms with Crippen LogP contribution in [0, 0.1) is 6.92 Å². The summed E-state index contributed by atoms with van der Waals surface area (Å²) in [6, 6.07) is 16.7. The fourth-order valence-electron chi connectivity index (χ4n) is 3.28. The Labute approximate surface area is 214 Å². The van der Waals surface area contributed by atoms with Crippen LogP contribution < -0.4 is 14.4 Å².